The van der Waals surface area contributed by atoms with Crippen molar-refractivity contribution in [3.05, 3.63) is 21.9 Å². The molecule has 0 bridgehead atoms. The fraction of sp³-hybridized carbons (Fsp3) is 0.143. The highest BCUT2D eigenvalue weighted by Gasteiger charge is 2.09. The summed E-state index contributed by atoms with van der Waals surface area (Å²) in [6, 6.07) is 1.50. The van der Waals surface area contributed by atoms with Gasteiger partial charge < -0.3 is 0 Å². The van der Waals surface area contributed by atoms with Crippen LogP contribution < -0.4 is 5.06 Å². The Balaban J connectivity index is 3.03. The number of carbonyl (C=O) groups excluding carboxylic acids is 1. The first-order valence-corrected chi connectivity index (χ1v) is 4.50. The third-order valence-corrected chi connectivity index (χ3v) is 2.46. The molecule has 1 aromatic rings. The molecule has 0 fully saturated rings. The lowest BCUT2D eigenvalue weighted by Crippen LogP contribution is -2.23. The summed E-state index contributed by atoms with van der Waals surface area (Å²) in [6.07, 6.45) is 1.30. The molecular weight excluding hydrogens is 259 g/mol. The number of amides is 1. The predicted octanol–water partition coefficient (Wildman–Crippen LogP) is 2.24. The average molecular weight is 265 g/mol. The van der Waals surface area contributed by atoms with Gasteiger partial charge in [-0.15, -0.1) is 0 Å². The number of hydroxylamine groups is 1. The Morgan fingerprint density at radius 3 is 2.85 bits per heavy atom. The summed E-state index contributed by atoms with van der Waals surface area (Å²) in [5, 5.41) is 9.97. The molecule has 1 aromatic heterocycles. The van der Waals surface area contributed by atoms with Gasteiger partial charge in [0.15, 0.2) is 0 Å². The van der Waals surface area contributed by atoms with Crippen molar-refractivity contribution in [1.29, 1.82) is 0 Å². The second kappa shape index (κ2) is 4.04. The molecule has 0 aliphatic heterocycles. The predicted molar refractivity (Wildman–Crippen MR) is 51.9 cm³/mol. The van der Waals surface area contributed by atoms with Crippen LogP contribution in [0.25, 0.3) is 0 Å². The molecule has 1 amide bonds. The van der Waals surface area contributed by atoms with E-state index in [0.29, 0.717) is 9.54 Å². The summed E-state index contributed by atoms with van der Waals surface area (Å²) in [5.74, 6) is -0.490. The monoisotopic (exact) mass is 264 g/mol. The molecule has 0 aliphatic carbocycles. The lowest BCUT2D eigenvalue weighted by Gasteiger charge is -2.11. The summed E-state index contributed by atoms with van der Waals surface area (Å²) < 4.78 is 0.520. The van der Waals surface area contributed by atoms with Crippen molar-refractivity contribution >= 4 is 39.1 Å². The summed E-state index contributed by atoms with van der Waals surface area (Å²) in [6.45, 7) is 1.24. The zero-order chi connectivity index (χ0) is 10.0. The third-order valence-electron chi connectivity index (χ3n) is 1.32. The van der Waals surface area contributed by atoms with Gasteiger partial charge in [-0.25, -0.2) is 4.98 Å². The minimum atomic E-state index is -0.490. The molecule has 0 aromatic carbocycles. The van der Waals surface area contributed by atoms with E-state index in [4.69, 9.17) is 11.6 Å². The van der Waals surface area contributed by atoms with Crippen LogP contribution in [-0.2, 0) is 4.79 Å². The van der Waals surface area contributed by atoms with Crippen LogP contribution in [0.4, 0.5) is 5.69 Å². The zero-order valence-corrected chi connectivity index (χ0v) is 9.00. The van der Waals surface area contributed by atoms with Crippen LogP contribution in [0.3, 0.4) is 0 Å². The quantitative estimate of drug-likeness (QED) is 0.481. The van der Waals surface area contributed by atoms with Gasteiger partial charge in [-0.2, -0.15) is 5.06 Å². The lowest BCUT2D eigenvalue weighted by molar-refractivity contribution is -0.121. The molecule has 0 saturated carbocycles. The average Bonchev–Trinajstić information content (AvgIpc) is 2.08. The molecule has 1 heterocycles. The Bertz CT molecular complexity index is 345. The summed E-state index contributed by atoms with van der Waals surface area (Å²) >= 11 is 8.74. The first kappa shape index (κ1) is 10.4. The van der Waals surface area contributed by atoms with Crippen molar-refractivity contribution < 1.29 is 10.0 Å². The van der Waals surface area contributed by atoms with E-state index in [1.165, 1.54) is 19.2 Å². The van der Waals surface area contributed by atoms with E-state index in [1.807, 2.05) is 0 Å². The Hall–Kier alpha value is -0.650. The van der Waals surface area contributed by atoms with Gasteiger partial charge in [0.1, 0.15) is 5.15 Å². The Labute approximate surface area is 88.2 Å². The van der Waals surface area contributed by atoms with Gasteiger partial charge in [0, 0.05) is 6.92 Å². The largest absolute Gasteiger partial charge is 0.281 e. The Kier molecular flexibility index (Phi) is 3.24. The summed E-state index contributed by atoms with van der Waals surface area (Å²) in [5.41, 5.74) is 0.267. The number of carbonyl (C=O) groups is 1. The minimum Gasteiger partial charge on any atom is -0.281 e. The number of halogens is 2. The maximum atomic E-state index is 10.7. The Morgan fingerprint density at radius 2 is 2.38 bits per heavy atom. The van der Waals surface area contributed by atoms with Crippen molar-refractivity contribution in [3.8, 4) is 0 Å². The zero-order valence-electron chi connectivity index (χ0n) is 6.66. The van der Waals surface area contributed by atoms with E-state index in [2.05, 4.69) is 20.9 Å². The molecular formula is C7H6BrClN2O2. The SMILES string of the molecule is CC(=O)N(O)c1cnc(Cl)c(Br)c1. The number of hydrogen-bond acceptors (Lipinski definition) is 3. The highest BCUT2D eigenvalue weighted by molar-refractivity contribution is 9.10. The van der Waals surface area contributed by atoms with Crippen LogP contribution in [0.2, 0.25) is 5.15 Å². The molecule has 13 heavy (non-hydrogen) atoms. The van der Waals surface area contributed by atoms with Crippen molar-refractivity contribution in [3.63, 3.8) is 0 Å². The molecule has 0 atom stereocenters. The van der Waals surface area contributed by atoms with Crippen molar-refractivity contribution in [1.82, 2.24) is 4.98 Å². The molecule has 1 N–H and O–H groups in total. The third kappa shape index (κ3) is 2.40. The first-order valence-electron chi connectivity index (χ1n) is 3.33. The number of nitrogens with zero attached hydrogens (tertiary/aromatic N) is 2. The maximum Gasteiger partial charge on any atom is 0.247 e. The van der Waals surface area contributed by atoms with Crippen molar-refractivity contribution in [2.45, 2.75) is 6.92 Å². The minimum absolute atomic E-state index is 0.267. The molecule has 6 heteroatoms. The first-order chi connectivity index (χ1) is 6.02. The Morgan fingerprint density at radius 1 is 1.77 bits per heavy atom. The highest BCUT2D eigenvalue weighted by atomic mass is 79.9. The van der Waals surface area contributed by atoms with Gasteiger partial charge in [0.25, 0.3) is 0 Å². The standard InChI is InChI=1S/C7H6BrClN2O2/c1-4(12)11(13)5-2-6(8)7(9)10-3-5/h2-3,13H,1H3. The van der Waals surface area contributed by atoms with Crippen LogP contribution >= 0.6 is 27.5 Å². The topological polar surface area (TPSA) is 53.4 Å². The van der Waals surface area contributed by atoms with Crippen LogP contribution in [0.15, 0.2) is 16.7 Å². The van der Waals surface area contributed by atoms with Crippen LogP contribution in [0.5, 0.6) is 0 Å². The van der Waals surface area contributed by atoms with Crippen molar-refractivity contribution in [2.24, 2.45) is 0 Å². The van der Waals surface area contributed by atoms with E-state index < -0.39 is 5.91 Å². The van der Waals surface area contributed by atoms with Gasteiger partial charge in [0.05, 0.1) is 16.4 Å². The maximum absolute atomic E-state index is 10.7. The van der Waals surface area contributed by atoms with Crippen LogP contribution in [-0.4, -0.2) is 16.1 Å². The van der Waals surface area contributed by atoms with E-state index in [0.717, 1.165) is 0 Å². The fourth-order valence-corrected chi connectivity index (χ4v) is 1.15. The molecule has 0 unspecified atom stereocenters. The number of anilines is 1. The normalized spacial score (nSPS) is 9.85. The molecule has 4 nitrogen and oxygen atoms in total. The van der Waals surface area contributed by atoms with E-state index in [1.54, 1.807) is 0 Å². The van der Waals surface area contributed by atoms with E-state index in [-0.39, 0.29) is 10.8 Å². The number of rotatable bonds is 1. The number of pyridine rings is 1. The molecule has 0 spiro atoms. The molecule has 0 saturated heterocycles. The van der Waals surface area contributed by atoms with Gasteiger partial charge in [0.2, 0.25) is 5.91 Å². The van der Waals surface area contributed by atoms with Gasteiger partial charge in [-0.05, 0) is 22.0 Å². The molecule has 70 valence electrons. The van der Waals surface area contributed by atoms with Gasteiger partial charge >= 0.3 is 0 Å². The van der Waals surface area contributed by atoms with Crippen LogP contribution in [0, 0.1) is 0 Å². The van der Waals surface area contributed by atoms with Gasteiger partial charge in [-0.3, -0.25) is 10.0 Å². The highest BCUT2D eigenvalue weighted by Crippen LogP contribution is 2.24. The van der Waals surface area contributed by atoms with E-state index >= 15 is 0 Å². The van der Waals surface area contributed by atoms with Crippen LogP contribution in [0.1, 0.15) is 6.92 Å². The molecule has 0 aliphatic rings. The lowest BCUT2D eigenvalue weighted by atomic mass is 10.4. The second-order valence-electron chi connectivity index (χ2n) is 2.30. The summed E-state index contributed by atoms with van der Waals surface area (Å²) in [4.78, 5) is 14.5. The smallest absolute Gasteiger partial charge is 0.247 e. The number of hydrogen-bond donors (Lipinski definition) is 1. The van der Waals surface area contributed by atoms with Gasteiger partial charge in [-0.1, -0.05) is 11.6 Å². The van der Waals surface area contributed by atoms with Crippen molar-refractivity contribution in [2.75, 3.05) is 5.06 Å². The fourth-order valence-electron chi connectivity index (χ4n) is 0.709. The second-order valence-corrected chi connectivity index (χ2v) is 3.51. The molecule has 1 rings (SSSR count). The number of aromatic nitrogens is 1. The molecule has 0 radical (unpaired) electrons. The summed E-state index contributed by atoms with van der Waals surface area (Å²) in [7, 11) is 0. The van der Waals surface area contributed by atoms with E-state index in [9.17, 15) is 10.0 Å².